The van der Waals surface area contributed by atoms with E-state index in [1.54, 1.807) is 31.2 Å². The van der Waals surface area contributed by atoms with E-state index in [1.165, 1.54) is 24.3 Å². The molecule has 1 N–H and O–H groups in total. The second-order valence-electron chi connectivity index (χ2n) is 6.39. The minimum Gasteiger partial charge on any atom is -0.435 e. The third-order valence-corrected chi connectivity index (χ3v) is 5.88. The molecule has 0 spiro atoms. The van der Waals surface area contributed by atoms with Crippen LogP contribution in [-0.2, 0) is 15.6 Å². The monoisotopic (exact) mass is 467 g/mol. The Labute approximate surface area is 182 Å². The van der Waals surface area contributed by atoms with Crippen molar-refractivity contribution >= 4 is 33.0 Å². The molecule has 0 aliphatic rings. The van der Waals surface area contributed by atoms with Gasteiger partial charge in [0.25, 0.3) is 5.91 Å². The molecule has 3 rings (SSSR count). The summed E-state index contributed by atoms with van der Waals surface area (Å²) in [7, 11) is -3.95. The summed E-state index contributed by atoms with van der Waals surface area (Å²) in [5.74, 6) is -1.21. The van der Waals surface area contributed by atoms with Crippen LogP contribution >= 0.6 is 11.6 Å². The van der Waals surface area contributed by atoms with E-state index >= 15 is 0 Å². The molecule has 2 aromatic carbocycles. The lowest BCUT2D eigenvalue weighted by Crippen LogP contribution is -2.18. The van der Waals surface area contributed by atoms with Crippen molar-refractivity contribution in [2.24, 2.45) is 0 Å². The maximum absolute atomic E-state index is 12.7. The van der Waals surface area contributed by atoms with Crippen molar-refractivity contribution in [1.82, 2.24) is 9.97 Å². The van der Waals surface area contributed by atoms with E-state index in [-0.39, 0.29) is 27.9 Å². The van der Waals surface area contributed by atoms with Crippen LogP contribution in [0.25, 0.3) is 0 Å². The van der Waals surface area contributed by atoms with E-state index in [9.17, 15) is 22.0 Å². The second kappa shape index (κ2) is 9.36. The van der Waals surface area contributed by atoms with Gasteiger partial charge in [-0.25, -0.2) is 18.4 Å². The topological polar surface area (TPSA) is 98.2 Å². The number of alkyl halides is 2. The normalized spacial score (nSPS) is 11.4. The highest BCUT2D eigenvalue weighted by Gasteiger charge is 2.23. The van der Waals surface area contributed by atoms with Crippen molar-refractivity contribution in [3.8, 4) is 5.75 Å². The minimum absolute atomic E-state index is 0.0855. The van der Waals surface area contributed by atoms with Crippen LogP contribution in [0.15, 0.2) is 59.9 Å². The van der Waals surface area contributed by atoms with Crippen molar-refractivity contribution in [3.63, 3.8) is 0 Å². The second-order valence-corrected chi connectivity index (χ2v) is 8.68. The lowest BCUT2D eigenvalue weighted by molar-refractivity contribution is -0.0498. The highest BCUT2D eigenvalue weighted by Crippen LogP contribution is 2.22. The number of aromatic nitrogens is 2. The zero-order valence-corrected chi connectivity index (χ0v) is 17.6. The van der Waals surface area contributed by atoms with Gasteiger partial charge in [-0.15, -0.1) is 0 Å². The number of nitrogens with one attached hydrogen (secondary N) is 1. The van der Waals surface area contributed by atoms with Crippen LogP contribution in [0.3, 0.4) is 0 Å². The molecule has 0 unspecified atom stereocenters. The Balaban J connectivity index is 1.81. The predicted molar refractivity (Wildman–Crippen MR) is 110 cm³/mol. The summed E-state index contributed by atoms with van der Waals surface area (Å²) in [5, 5.41) is 1.78. The van der Waals surface area contributed by atoms with Gasteiger partial charge in [-0.3, -0.25) is 4.79 Å². The largest absolute Gasteiger partial charge is 0.435 e. The van der Waals surface area contributed by atoms with Crippen LogP contribution in [0.1, 0.15) is 21.6 Å². The van der Waals surface area contributed by atoms with Crippen LogP contribution < -0.4 is 10.1 Å². The van der Waals surface area contributed by atoms with Crippen molar-refractivity contribution in [2.45, 2.75) is 24.4 Å². The van der Waals surface area contributed by atoms with Crippen LogP contribution in [0.5, 0.6) is 5.75 Å². The van der Waals surface area contributed by atoms with Crippen molar-refractivity contribution in [3.05, 3.63) is 76.6 Å². The maximum atomic E-state index is 12.7. The van der Waals surface area contributed by atoms with Crippen molar-refractivity contribution in [1.29, 1.82) is 0 Å². The first-order valence-corrected chi connectivity index (χ1v) is 10.8. The summed E-state index contributed by atoms with van der Waals surface area (Å²) >= 11 is 5.99. The minimum atomic E-state index is -3.95. The summed E-state index contributed by atoms with van der Waals surface area (Å²) < 4.78 is 54.2. The van der Waals surface area contributed by atoms with Gasteiger partial charge in [0.1, 0.15) is 5.75 Å². The molecule has 7 nitrogen and oxygen atoms in total. The van der Waals surface area contributed by atoms with Gasteiger partial charge in [-0.2, -0.15) is 8.78 Å². The molecule has 1 amide bonds. The Kier molecular flexibility index (Phi) is 6.81. The van der Waals surface area contributed by atoms with Crippen LogP contribution in [0.4, 0.5) is 14.5 Å². The van der Waals surface area contributed by atoms with Crippen molar-refractivity contribution in [2.75, 3.05) is 5.32 Å². The molecule has 3 aromatic rings. The molecule has 0 atom stereocenters. The maximum Gasteiger partial charge on any atom is 0.387 e. The standard InChI is InChI=1S/C20H16ClF2N3O4S/c1-12-4-2-3-5-13(12)11-31(28,29)20-24-10-16(21)17(26-20)18(27)25-14-6-8-15(9-7-14)30-19(22)23/h2-10,19H,11H2,1H3,(H,25,27). The van der Waals surface area contributed by atoms with Gasteiger partial charge in [-0.1, -0.05) is 35.9 Å². The number of aryl methyl sites for hydroxylation is 1. The van der Waals surface area contributed by atoms with Gasteiger partial charge in [-0.05, 0) is 42.3 Å². The molecule has 0 saturated heterocycles. The smallest absolute Gasteiger partial charge is 0.387 e. The number of ether oxygens (including phenoxy) is 1. The van der Waals surface area contributed by atoms with Gasteiger partial charge < -0.3 is 10.1 Å². The number of hydrogen-bond acceptors (Lipinski definition) is 6. The Hall–Kier alpha value is -3.11. The zero-order chi connectivity index (χ0) is 22.6. The highest BCUT2D eigenvalue weighted by atomic mass is 35.5. The fraction of sp³-hybridized carbons (Fsp3) is 0.150. The molecule has 1 heterocycles. The molecular formula is C20H16ClF2N3O4S. The van der Waals surface area contributed by atoms with Gasteiger partial charge in [0, 0.05) is 5.69 Å². The van der Waals surface area contributed by atoms with E-state index in [4.69, 9.17) is 11.6 Å². The van der Waals surface area contributed by atoms with Crippen molar-refractivity contribution < 1.29 is 26.7 Å². The molecule has 1 aromatic heterocycles. The fourth-order valence-electron chi connectivity index (χ4n) is 2.61. The molecular weight excluding hydrogens is 452 g/mol. The molecule has 31 heavy (non-hydrogen) atoms. The molecule has 0 saturated carbocycles. The molecule has 0 bridgehead atoms. The molecule has 0 aliphatic carbocycles. The van der Waals surface area contributed by atoms with E-state index in [0.29, 0.717) is 5.56 Å². The summed E-state index contributed by atoms with van der Waals surface area (Å²) in [6, 6.07) is 12.1. The summed E-state index contributed by atoms with van der Waals surface area (Å²) in [4.78, 5) is 20.2. The van der Waals surface area contributed by atoms with Crippen LogP contribution in [-0.4, -0.2) is 30.9 Å². The Morgan fingerprint density at radius 1 is 1.16 bits per heavy atom. The first-order valence-electron chi connectivity index (χ1n) is 8.82. The van der Waals surface area contributed by atoms with Gasteiger partial charge >= 0.3 is 6.61 Å². The number of halogens is 3. The first-order chi connectivity index (χ1) is 14.7. The Morgan fingerprint density at radius 2 is 1.84 bits per heavy atom. The number of rotatable bonds is 7. The zero-order valence-electron chi connectivity index (χ0n) is 16.1. The number of carbonyl (C=O) groups is 1. The first kappa shape index (κ1) is 22.6. The quantitative estimate of drug-likeness (QED) is 0.521. The molecule has 0 fully saturated rings. The van der Waals surface area contributed by atoms with E-state index in [0.717, 1.165) is 11.8 Å². The van der Waals surface area contributed by atoms with E-state index in [2.05, 4.69) is 20.0 Å². The average molecular weight is 468 g/mol. The molecule has 0 radical (unpaired) electrons. The number of hydrogen-bond donors (Lipinski definition) is 1. The van der Waals surface area contributed by atoms with Gasteiger partial charge in [0.15, 0.2) is 5.69 Å². The third-order valence-electron chi connectivity index (χ3n) is 4.16. The predicted octanol–water partition coefficient (Wildman–Crippen LogP) is 4.27. The lowest BCUT2D eigenvalue weighted by atomic mass is 10.1. The Bertz CT molecular complexity index is 1210. The number of sulfone groups is 1. The van der Waals surface area contributed by atoms with Crippen LogP contribution in [0, 0.1) is 6.92 Å². The number of amides is 1. The number of anilines is 1. The Morgan fingerprint density at radius 3 is 2.48 bits per heavy atom. The summed E-state index contributed by atoms with van der Waals surface area (Å²) in [6.07, 6.45) is 1.04. The van der Waals surface area contributed by atoms with Gasteiger partial charge in [0.05, 0.1) is 17.0 Å². The van der Waals surface area contributed by atoms with E-state index < -0.39 is 27.5 Å². The average Bonchev–Trinajstić information content (AvgIpc) is 2.71. The van der Waals surface area contributed by atoms with Gasteiger partial charge in [0.2, 0.25) is 15.0 Å². The number of nitrogens with zero attached hydrogens (tertiary/aromatic N) is 2. The lowest BCUT2D eigenvalue weighted by Gasteiger charge is -2.10. The highest BCUT2D eigenvalue weighted by molar-refractivity contribution is 7.90. The third kappa shape index (κ3) is 5.74. The summed E-state index contributed by atoms with van der Waals surface area (Å²) in [5.41, 5.74) is 1.27. The summed E-state index contributed by atoms with van der Waals surface area (Å²) in [6.45, 7) is -1.19. The number of benzene rings is 2. The molecule has 11 heteroatoms. The number of carbonyl (C=O) groups excluding carboxylic acids is 1. The molecule has 0 aliphatic heterocycles. The SMILES string of the molecule is Cc1ccccc1CS(=O)(=O)c1ncc(Cl)c(C(=O)Nc2ccc(OC(F)F)cc2)n1. The molecule has 162 valence electrons. The van der Waals surface area contributed by atoms with Crippen LogP contribution in [0.2, 0.25) is 5.02 Å². The fourth-order valence-corrected chi connectivity index (χ4v) is 4.09. The van der Waals surface area contributed by atoms with E-state index in [1.807, 2.05) is 0 Å².